The van der Waals surface area contributed by atoms with E-state index in [9.17, 15) is 5.11 Å². The first-order valence-electron chi connectivity index (χ1n) is 8.54. The number of rotatable bonds is 10. The lowest BCUT2D eigenvalue weighted by Crippen LogP contribution is -2.46. The van der Waals surface area contributed by atoms with Gasteiger partial charge in [-0.2, -0.15) is 0 Å². The molecule has 0 aliphatic heterocycles. The van der Waals surface area contributed by atoms with Crippen molar-refractivity contribution in [1.82, 2.24) is 10.2 Å². The molecule has 2 N–H and O–H groups in total. The fourth-order valence-electron chi connectivity index (χ4n) is 3.35. The van der Waals surface area contributed by atoms with Crippen LogP contribution in [0.15, 0.2) is 0 Å². The Morgan fingerprint density at radius 2 is 2.05 bits per heavy atom. The Hall–Kier alpha value is -0.160. The maximum absolute atomic E-state index is 9.45. The first-order chi connectivity index (χ1) is 9.97. The van der Waals surface area contributed by atoms with Crippen molar-refractivity contribution in [2.75, 3.05) is 46.9 Å². The Bertz CT molecular complexity index is 264. The quantitative estimate of drug-likeness (QED) is 0.607. The SMILES string of the molecule is COCCNCC1(CN(C)CCC(C)O)CCC(C)CC1. The van der Waals surface area contributed by atoms with Crippen LogP contribution in [0.5, 0.6) is 0 Å². The molecule has 21 heavy (non-hydrogen) atoms. The fourth-order valence-corrected chi connectivity index (χ4v) is 3.35. The van der Waals surface area contributed by atoms with Gasteiger partial charge in [0.05, 0.1) is 12.7 Å². The molecule has 4 heteroatoms. The van der Waals surface area contributed by atoms with Crippen molar-refractivity contribution in [2.45, 2.75) is 52.1 Å². The molecular formula is C17H36N2O2. The Labute approximate surface area is 131 Å². The molecule has 4 nitrogen and oxygen atoms in total. The van der Waals surface area contributed by atoms with Crippen molar-refractivity contribution in [1.29, 1.82) is 0 Å². The third-order valence-corrected chi connectivity index (χ3v) is 4.85. The van der Waals surface area contributed by atoms with Gasteiger partial charge in [0.1, 0.15) is 0 Å². The van der Waals surface area contributed by atoms with Gasteiger partial charge >= 0.3 is 0 Å². The van der Waals surface area contributed by atoms with Crippen LogP contribution in [0.4, 0.5) is 0 Å². The zero-order valence-electron chi connectivity index (χ0n) is 14.5. The molecule has 126 valence electrons. The number of aliphatic hydroxyl groups is 1. The third kappa shape index (κ3) is 7.59. The molecule has 0 amide bonds. The highest BCUT2D eigenvalue weighted by atomic mass is 16.5. The van der Waals surface area contributed by atoms with E-state index >= 15 is 0 Å². The van der Waals surface area contributed by atoms with E-state index in [0.717, 1.165) is 45.1 Å². The monoisotopic (exact) mass is 300 g/mol. The summed E-state index contributed by atoms with van der Waals surface area (Å²) in [4.78, 5) is 2.40. The smallest absolute Gasteiger partial charge is 0.0587 e. The molecule has 1 aliphatic rings. The molecule has 0 aromatic rings. The largest absolute Gasteiger partial charge is 0.393 e. The number of methoxy groups -OCH3 is 1. The van der Waals surface area contributed by atoms with E-state index < -0.39 is 0 Å². The molecule has 0 bridgehead atoms. The van der Waals surface area contributed by atoms with Crippen molar-refractivity contribution in [2.24, 2.45) is 11.3 Å². The van der Waals surface area contributed by atoms with E-state index in [1.54, 1.807) is 7.11 Å². The molecule has 1 saturated carbocycles. The highest BCUT2D eigenvalue weighted by Gasteiger charge is 2.34. The summed E-state index contributed by atoms with van der Waals surface area (Å²) in [5, 5.41) is 13.0. The van der Waals surface area contributed by atoms with Crippen LogP contribution in [0, 0.1) is 11.3 Å². The molecule has 1 atom stereocenters. The van der Waals surface area contributed by atoms with E-state index in [-0.39, 0.29) is 6.10 Å². The first kappa shape index (κ1) is 18.9. The fraction of sp³-hybridized carbons (Fsp3) is 1.00. The molecule has 0 saturated heterocycles. The predicted octanol–water partition coefficient (Wildman–Crippen LogP) is 2.12. The summed E-state index contributed by atoms with van der Waals surface area (Å²) in [6.07, 6.45) is 5.97. The third-order valence-electron chi connectivity index (χ3n) is 4.85. The van der Waals surface area contributed by atoms with Crippen molar-refractivity contribution in [3.63, 3.8) is 0 Å². The molecule has 0 heterocycles. The summed E-state index contributed by atoms with van der Waals surface area (Å²) in [5.41, 5.74) is 0.397. The van der Waals surface area contributed by atoms with Gasteiger partial charge < -0.3 is 20.1 Å². The van der Waals surface area contributed by atoms with Crippen LogP contribution in [0.1, 0.15) is 46.0 Å². The van der Waals surface area contributed by atoms with Gasteiger partial charge in [-0.05, 0) is 44.6 Å². The van der Waals surface area contributed by atoms with Gasteiger partial charge in [-0.3, -0.25) is 0 Å². The summed E-state index contributed by atoms with van der Waals surface area (Å²) in [6, 6.07) is 0. The Morgan fingerprint density at radius 3 is 2.62 bits per heavy atom. The van der Waals surface area contributed by atoms with Crippen LogP contribution < -0.4 is 5.32 Å². The first-order valence-corrected chi connectivity index (χ1v) is 8.54. The summed E-state index contributed by atoms with van der Waals surface area (Å²) < 4.78 is 5.13. The maximum atomic E-state index is 9.45. The average molecular weight is 300 g/mol. The molecule has 1 rings (SSSR count). The van der Waals surface area contributed by atoms with Gasteiger partial charge in [-0.15, -0.1) is 0 Å². The summed E-state index contributed by atoms with van der Waals surface area (Å²) in [6.45, 7) is 9.16. The second-order valence-electron chi connectivity index (χ2n) is 7.23. The maximum Gasteiger partial charge on any atom is 0.0587 e. The molecule has 1 aliphatic carbocycles. The zero-order chi connectivity index (χ0) is 15.7. The molecular weight excluding hydrogens is 264 g/mol. The van der Waals surface area contributed by atoms with E-state index in [2.05, 4.69) is 24.2 Å². The molecule has 1 unspecified atom stereocenters. The molecule has 0 aromatic heterocycles. The number of hydrogen-bond acceptors (Lipinski definition) is 4. The minimum atomic E-state index is -0.199. The Balaban J connectivity index is 2.47. The van der Waals surface area contributed by atoms with Gasteiger partial charge in [0.25, 0.3) is 0 Å². The summed E-state index contributed by atoms with van der Waals surface area (Å²) >= 11 is 0. The van der Waals surface area contributed by atoms with Crippen molar-refractivity contribution in [3.05, 3.63) is 0 Å². The number of hydrogen-bond donors (Lipinski definition) is 2. The number of nitrogens with one attached hydrogen (secondary N) is 1. The van der Waals surface area contributed by atoms with Gasteiger partial charge in [0, 0.05) is 33.3 Å². The van der Waals surface area contributed by atoms with Crippen LogP contribution >= 0.6 is 0 Å². The topological polar surface area (TPSA) is 44.7 Å². The van der Waals surface area contributed by atoms with Crippen molar-refractivity contribution >= 4 is 0 Å². The average Bonchev–Trinajstić information content (AvgIpc) is 2.45. The predicted molar refractivity (Wildman–Crippen MR) is 88.6 cm³/mol. The zero-order valence-corrected chi connectivity index (χ0v) is 14.5. The summed E-state index contributed by atoms with van der Waals surface area (Å²) in [5.74, 6) is 0.875. The van der Waals surface area contributed by atoms with Gasteiger partial charge in [0.15, 0.2) is 0 Å². The highest BCUT2D eigenvalue weighted by Crippen LogP contribution is 2.39. The minimum absolute atomic E-state index is 0.199. The van der Waals surface area contributed by atoms with Crippen molar-refractivity contribution < 1.29 is 9.84 Å². The Morgan fingerprint density at radius 1 is 1.38 bits per heavy atom. The van der Waals surface area contributed by atoms with E-state index in [1.165, 1.54) is 25.7 Å². The van der Waals surface area contributed by atoms with Gasteiger partial charge in [-0.25, -0.2) is 0 Å². The Kier molecular flexibility index (Phi) is 8.79. The lowest BCUT2D eigenvalue weighted by atomic mass is 9.70. The second-order valence-corrected chi connectivity index (χ2v) is 7.23. The van der Waals surface area contributed by atoms with Crippen LogP contribution in [-0.2, 0) is 4.74 Å². The lowest BCUT2D eigenvalue weighted by Gasteiger charge is -2.42. The second kappa shape index (κ2) is 9.78. The van der Waals surface area contributed by atoms with Crippen LogP contribution in [0.2, 0.25) is 0 Å². The lowest BCUT2D eigenvalue weighted by molar-refractivity contribution is 0.0860. The molecule has 1 fully saturated rings. The molecule has 0 spiro atoms. The van der Waals surface area contributed by atoms with E-state index in [0.29, 0.717) is 5.41 Å². The molecule has 0 aromatic carbocycles. The van der Waals surface area contributed by atoms with Crippen LogP contribution in [-0.4, -0.2) is 63.1 Å². The normalized spacial score (nSPS) is 28.0. The van der Waals surface area contributed by atoms with Gasteiger partial charge in [-0.1, -0.05) is 19.8 Å². The van der Waals surface area contributed by atoms with Crippen LogP contribution in [0.25, 0.3) is 0 Å². The highest BCUT2D eigenvalue weighted by molar-refractivity contribution is 4.89. The van der Waals surface area contributed by atoms with Crippen molar-refractivity contribution in [3.8, 4) is 0 Å². The standard InChI is InChI=1S/C17H36N2O2/c1-15-5-8-17(9-6-15,13-18-10-12-21-4)14-19(3)11-7-16(2)20/h15-16,18,20H,5-14H2,1-4H3. The van der Waals surface area contributed by atoms with Gasteiger partial charge in [0.2, 0.25) is 0 Å². The number of ether oxygens (including phenoxy) is 1. The minimum Gasteiger partial charge on any atom is -0.393 e. The van der Waals surface area contributed by atoms with E-state index in [1.807, 2.05) is 6.92 Å². The number of nitrogens with zero attached hydrogens (tertiary/aromatic N) is 1. The van der Waals surface area contributed by atoms with E-state index in [4.69, 9.17) is 4.74 Å². The summed E-state index contributed by atoms with van der Waals surface area (Å²) in [7, 11) is 3.95. The van der Waals surface area contributed by atoms with Crippen LogP contribution in [0.3, 0.4) is 0 Å². The number of aliphatic hydroxyl groups excluding tert-OH is 1. The molecule has 0 radical (unpaired) electrons.